The lowest BCUT2D eigenvalue weighted by Crippen LogP contribution is -2.30. The number of hydrogen-bond donors (Lipinski definition) is 1. The molecule has 0 radical (unpaired) electrons. The van der Waals surface area contributed by atoms with E-state index in [1.807, 2.05) is 0 Å². The topological polar surface area (TPSA) is 108 Å². The zero-order valence-electron chi connectivity index (χ0n) is 14.2. The highest BCUT2D eigenvalue weighted by molar-refractivity contribution is 6.32. The summed E-state index contributed by atoms with van der Waals surface area (Å²) in [5.41, 5.74) is -0.238. The van der Waals surface area contributed by atoms with Crippen molar-refractivity contribution in [3.8, 4) is 5.75 Å². The van der Waals surface area contributed by atoms with Gasteiger partial charge in [0, 0.05) is 11.1 Å². The number of nitro groups is 1. The van der Waals surface area contributed by atoms with Crippen LogP contribution in [0.5, 0.6) is 5.75 Å². The lowest BCUT2D eigenvalue weighted by Gasteiger charge is -2.15. The summed E-state index contributed by atoms with van der Waals surface area (Å²) in [6.07, 6.45) is -1.18. The summed E-state index contributed by atoms with van der Waals surface area (Å²) in [7, 11) is 1.43. The number of hydrogen-bond acceptors (Lipinski definition) is 6. The third-order valence-corrected chi connectivity index (χ3v) is 4.01. The molecule has 142 valence electrons. The summed E-state index contributed by atoms with van der Waals surface area (Å²) in [5, 5.41) is 13.7. The van der Waals surface area contributed by atoms with Crippen molar-refractivity contribution in [2.75, 3.05) is 12.4 Å². The van der Waals surface area contributed by atoms with Crippen LogP contribution in [0.25, 0.3) is 0 Å². The third kappa shape index (κ3) is 5.08. The number of carbonyl (C=O) groups excluding carboxylic acids is 2. The van der Waals surface area contributed by atoms with E-state index in [9.17, 15) is 19.7 Å². The molecule has 0 spiro atoms. The van der Waals surface area contributed by atoms with Gasteiger partial charge in [0.1, 0.15) is 10.8 Å². The second-order valence-corrected chi connectivity index (χ2v) is 6.15. The Bertz CT molecular complexity index is 903. The van der Waals surface area contributed by atoms with Gasteiger partial charge in [-0.25, -0.2) is 4.79 Å². The minimum Gasteiger partial charge on any atom is -0.495 e. The van der Waals surface area contributed by atoms with Gasteiger partial charge in [-0.2, -0.15) is 0 Å². The van der Waals surface area contributed by atoms with Crippen molar-refractivity contribution >= 4 is 46.5 Å². The fourth-order valence-electron chi connectivity index (χ4n) is 2.07. The normalized spacial score (nSPS) is 11.4. The van der Waals surface area contributed by atoms with Gasteiger partial charge in [0.05, 0.1) is 23.3 Å². The fraction of sp³-hybridized carbons (Fsp3) is 0.176. The van der Waals surface area contributed by atoms with Crippen molar-refractivity contribution < 1.29 is 24.0 Å². The van der Waals surface area contributed by atoms with Gasteiger partial charge in [-0.1, -0.05) is 23.2 Å². The van der Waals surface area contributed by atoms with Gasteiger partial charge < -0.3 is 14.8 Å². The highest BCUT2D eigenvalue weighted by Gasteiger charge is 2.22. The Kier molecular flexibility index (Phi) is 6.59. The summed E-state index contributed by atoms with van der Waals surface area (Å²) in [6.45, 7) is 1.36. The van der Waals surface area contributed by atoms with E-state index < -0.39 is 28.6 Å². The second-order valence-electron chi connectivity index (χ2n) is 5.30. The Balaban J connectivity index is 2.10. The molecule has 0 unspecified atom stereocenters. The Morgan fingerprint density at radius 2 is 1.89 bits per heavy atom. The van der Waals surface area contributed by atoms with E-state index in [0.29, 0.717) is 16.5 Å². The average molecular weight is 413 g/mol. The molecule has 0 aliphatic heterocycles. The molecule has 2 aromatic rings. The van der Waals surface area contributed by atoms with Gasteiger partial charge in [0.15, 0.2) is 6.10 Å². The van der Waals surface area contributed by atoms with Gasteiger partial charge in [0.2, 0.25) is 0 Å². The number of nitrogens with zero attached hydrogens (tertiary/aromatic N) is 1. The molecule has 0 aliphatic rings. The molecule has 0 heterocycles. The first-order chi connectivity index (χ1) is 12.7. The molecule has 2 rings (SSSR count). The Hall–Kier alpha value is -2.84. The van der Waals surface area contributed by atoms with Crippen LogP contribution in [0.4, 0.5) is 11.4 Å². The fourth-order valence-corrected chi connectivity index (χ4v) is 2.43. The van der Waals surface area contributed by atoms with Crippen molar-refractivity contribution in [3.05, 3.63) is 62.1 Å². The molecule has 0 bridgehead atoms. The van der Waals surface area contributed by atoms with Crippen LogP contribution in [0, 0.1) is 10.1 Å². The zero-order valence-corrected chi connectivity index (χ0v) is 15.7. The lowest BCUT2D eigenvalue weighted by atomic mass is 10.2. The minimum atomic E-state index is -1.18. The van der Waals surface area contributed by atoms with E-state index in [4.69, 9.17) is 32.7 Å². The summed E-state index contributed by atoms with van der Waals surface area (Å²) >= 11 is 11.6. The summed E-state index contributed by atoms with van der Waals surface area (Å²) in [6, 6.07) is 8.10. The molecular formula is C17H14Cl2N2O6. The van der Waals surface area contributed by atoms with E-state index in [1.165, 1.54) is 32.2 Å². The van der Waals surface area contributed by atoms with E-state index in [1.54, 1.807) is 12.1 Å². The first-order valence-electron chi connectivity index (χ1n) is 7.52. The standard InChI is InChI=1S/C17H14Cl2N2O6/c1-9(16(22)20-13-8-11(18)4-6-15(13)26-2)27-17(23)10-3-5-12(19)14(7-10)21(24)25/h3-9H,1-2H3,(H,20,22)/t9-/m0/s1. The quantitative estimate of drug-likeness (QED) is 0.434. The molecule has 0 saturated carbocycles. The predicted molar refractivity (Wildman–Crippen MR) is 99.6 cm³/mol. The molecule has 0 fully saturated rings. The molecule has 10 heteroatoms. The molecule has 1 amide bonds. The second kappa shape index (κ2) is 8.70. The number of halogens is 2. The molecule has 0 aliphatic carbocycles. The smallest absolute Gasteiger partial charge is 0.339 e. The van der Waals surface area contributed by atoms with Crippen molar-refractivity contribution in [3.63, 3.8) is 0 Å². The van der Waals surface area contributed by atoms with Crippen LogP contribution in [0.2, 0.25) is 10.0 Å². The monoisotopic (exact) mass is 412 g/mol. The number of esters is 1. The number of rotatable bonds is 6. The van der Waals surface area contributed by atoms with Gasteiger partial charge in [0.25, 0.3) is 11.6 Å². The first-order valence-corrected chi connectivity index (χ1v) is 8.28. The molecule has 27 heavy (non-hydrogen) atoms. The number of anilines is 1. The van der Waals surface area contributed by atoms with Crippen LogP contribution in [-0.4, -0.2) is 30.0 Å². The number of nitrogens with one attached hydrogen (secondary N) is 1. The van der Waals surface area contributed by atoms with Crippen LogP contribution in [-0.2, 0) is 9.53 Å². The molecule has 0 aromatic heterocycles. The molecular weight excluding hydrogens is 399 g/mol. The summed E-state index contributed by atoms with van der Waals surface area (Å²) in [4.78, 5) is 34.6. The number of methoxy groups -OCH3 is 1. The van der Waals surface area contributed by atoms with E-state index >= 15 is 0 Å². The van der Waals surface area contributed by atoms with Crippen LogP contribution in [0.3, 0.4) is 0 Å². The number of benzene rings is 2. The van der Waals surface area contributed by atoms with Gasteiger partial charge in [-0.3, -0.25) is 14.9 Å². The van der Waals surface area contributed by atoms with Crippen LogP contribution in [0.15, 0.2) is 36.4 Å². The Labute approximate surface area is 164 Å². The van der Waals surface area contributed by atoms with E-state index in [2.05, 4.69) is 5.32 Å². The molecule has 8 nitrogen and oxygen atoms in total. The number of carbonyl (C=O) groups is 2. The molecule has 1 atom stereocenters. The Morgan fingerprint density at radius 3 is 2.52 bits per heavy atom. The van der Waals surface area contributed by atoms with E-state index in [-0.39, 0.29) is 10.6 Å². The largest absolute Gasteiger partial charge is 0.495 e. The van der Waals surface area contributed by atoms with Crippen molar-refractivity contribution in [2.45, 2.75) is 13.0 Å². The van der Waals surface area contributed by atoms with Crippen molar-refractivity contribution in [1.82, 2.24) is 0 Å². The van der Waals surface area contributed by atoms with Crippen molar-refractivity contribution in [1.29, 1.82) is 0 Å². The van der Waals surface area contributed by atoms with E-state index in [0.717, 1.165) is 6.07 Å². The molecule has 1 N–H and O–H groups in total. The van der Waals surface area contributed by atoms with Crippen LogP contribution >= 0.6 is 23.2 Å². The van der Waals surface area contributed by atoms with Crippen molar-refractivity contribution in [2.24, 2.45) is 0 Å². The van der Waals surface area contributed by atoms with Gasteiger partial charge in [-0.15, -0.1) is 0 Å². The first kappa shape index (κ1) is 20.5. The maximum Gasteiger partial charge on any atom is 0.339 e. The highest BCUT2D eigenvalue weighted by Crippen LogP contribution is 2.28. The van der Waals surface area contributed by atoms with Crippen LogP contribution in [0.1, 0.15) is 17.3 Å². The Morgan fingerprint density at radius 1 is 1.19 bits per heavy atom. The zero-order chi connectivity index (χ0) is 20.1. The van der Waals surface area contributed by atoms with Gasteiger partial charge >= 0.3 is 5.97 Å². The molecule has 2 aromatic carbocycles. The van der Waals surface area contributed by atoms with Crippen LogP contribution < -0.4 is 10.1 Å². The number of ether oxygens (including phenoxy) is 2. The van der Waals surface area contributed by atoms with Gasteiger partial charge in [-0.05, 0) is 37.3 Å². The number of amides is 1. The summed E-state index contributed by atoms with van der Waals surface area (Å²) < 4.78 is 10.2. The maximum absolute atomic E-state index is 12.3. The predicted octanol–water partition coefficient (Wildman–Crippen LogP) is 4.09. The third-order valence-electron chi connectivity index (χ3n) is 3.45. The highest BCUT2D eigenvalue weighted by atomic mass is 35.5. The minimum absolute atomic E-state index is 0.105. The molecule has 0 saturated heterocycles. The summed E-state index contributed by atoms with van der Waals surface area (Å²) in [5.74, 6) is -1.16. The SMILES string of the molecule is COc1ccc(Cl)cc1NC(=O)[C@H](C)OC(=O)c1ccc(Cl)c([N+](=O)[O-])c1. The maximum atomic E-state index is 12.3. The lowest BCUT2D eigenvalue weighted by molar-refractivity contribution is -0.384. The average Bonchev–Trinajstić information content (AvgIpc) is 2.61. The number of nitro benzene ring substituents is 1.